The molecular weight excluding hydrogens is 194 g/mol. The summed E-state index contributed by atoms with van der Waals surface area (Å²) in [5.41, 5.74) is 1.21. The molecule has 2 rings (SSSR count). The molecule has 2 aromatic rings. The summed E-state index contributed by atoms with van der Waals surface area (Å²) >= 11 is 0. The van der Waals surface area contributed by atoms with Crippen molar-refractivity contribution in [3.8, 4) is 0 Å². The lowest BCUT2D eigenvalue weighted by atomic mass is 10.3. The zero-order valence-electron chi connectivity index (χ0n) is 8.16. The highest BCUT2D eigenvalue weighted by Crippen LogP contribution is 2.01. The van der Waals surface area contributed by atoms with E-state index in [1.54, 1.807) is 18.6 Å². The molecule has 6 nitrogen and oxygen atoms in total. The number of hydrogen-bond donors (Lipinski definition) is 0. The number of ketones is 1. The molecule has 0 fully saturated rings. The summed E-state index contributed by atoms with van der Waals surface area (Å²) in [5, 5.41) is 7.49. The average Bonchev–Trinajstić information content (AvgIpc) is 2.67. The van der Waals surface area contributed by atoms with Crippen molar-refractivity contribution < 1.29 is 4.79 Å². The van der Waals surface area contributed by atoms with E-state index in [2.05, 4.69) is 20.3 Å². The second-order valence-corrected chi connectivity index (χ2v) is 3.03. The molecule has 6 heteroatoms. The maximum absolute atomic E-state index is 11.2. The second-order valence-electron chi connectivity index (χ2n) is 3.03. The van der Waals surface area contributed by atoms with Crippen molar-refractivity contribution in [3.63, 3.8) is 0 Å². The first-order valence-corrected chi connectivity index (χ1v) is 4.41. The van der Waals surface area contributed by atoms with Crippen LogP contribution in [0.5, 0.6) is 0 Å². The van der Waals surface area contributed by atoms with Crippen LogP contribution in [-0.4, -0.2) is 30.7 Å². The SMILES string of the molecule is CC(=O)c1cnnn1Cc1cnccn1. The molecule has 0 spiro atoms. The van der Waals surface area contributed by atoms with Gasteiger partial charge < -0.3 is 0 Å². The predicted molar refractivity (Wildman–Crippen MR) is 51.2 cm³/mol. The van der Waals surface area contributed by atoms with E-state index in [0.29, 0.717) is 12.2 Å². The van der Waals surface area contributed by atoms with Gasteiger partial charge in [0.2, 0.25) is 0 Å². The third-order valence-corrected chi connectivity index (χ3v) is 1.91. The Morgan fingerprint density at radius 2 is 2.27 bits per heavy atom. The molecule has 0 radical (unpaired) electrons. The summed E-state index contributed by atoms with van der Waals surface area (Å²) in [6, 6.07) is 0. The van der Waals surface area contributed by atoms with E-state index in [-0.39, 0.29) is 5.78 Å². The predicted octanol–water partition coefficient (Wildman–Crippen LogP) is 0.319. The van der Waals surface area contributed by atoms with Crippen LogP contribution in [0.4, 0.5) is 0 Å². The van der Waals surface area contributed by atoms with Gasteiger partial charge in [0.15, 0.2) is 5.78 Å². The largest absolute Gasteiger partial charge is 0.293 e. The summed E-state index contributed by atoms with van der Waals surface area (Å²) in [4.78, 5) is 19.2. The molecule has 0 saturated heterocycles. The van der Waals surface area contributed by atoms with Crippen LogP contribution in [0.1, 0.15) is 23.1 Å². The van der Waals surface area contributed by atoms with Crippen molar-refractivity contribution in [2.75, 3.05) is 0 Å². The van der Waals surface area contributed by atoms with E-state index in [1.165, 1.54) is 17.8 Å². The average molecular weight is 203 g/mol. The number of carbonyl (C=O) groups excluding carboxylic acids is 1. The van der Waals surface area contributed by atoms with E-state index in [0.717, 1.165) is 5.69 Å². The van der Waals surface area contributed by atoms with Crippen molar-refractivity contribution in [2.45, 2.75) is 13.5 Å². The number of rotatable bonds is 3. The van der Waals surface area contributed by atoms with Crippen LogP contribution in [0.15, 0.2) is 24.8 Å². The second kappa shape index (κ2) is 3.95. The van der Waals surface area contributed by atoms with Gasteiger partial charge in [0, 0.05) is 19.3 Å². The Balaban J connectivity index is 2.25. The number of nitrogens with zero attached hydrogens (tertiary/aromatic N) is 5. The quantitative estimate of drug-likeness (QED) is 0.671. The monoisotopic (exact) mass is 203 g/mol. The van der Waals surface area contributed by atoms with Gasteiger partial charge in [-0.3, -0.25) is 14.8 Å². The maximum atomic E-state index is 11.2. The summed E-state index contributed by atoms with van der Waals surface area (Å²) in [5.74, 6) is -0.0658. The lowest BCUT2D eigenvalue weighted by Gasteiger charge is -2.01. The number of Topliss-reactive ketones (excluding diaryl/α,β-unsaturated/α-hetero) is 1. The van der Waals surface area contributed by atoms with Crippen molar-refractivity contribution in [1.82, 2.24) is 25.0 Å². The van der Waals surface area contributed by atoms with Gasteiger partial charge in [-0.15, -0.1) is 5.10 Å². The highest BCUT2D eigenvalue weighted by atomic mass is 16.1. The van der Waals surface area contributed by atoms with Crippen LogP contribution in [0.2, 0.25) is 0 Å². The lowest BCUT2D eigenvalue weighted by molar-refractivity contribution is 0.100. The molecule has 0 aromatic carbocycles. The van der Waals surface area contributed by atoms with Gasteiger partial charge in [-0.25, -0.2) is 4.68 Å². The summed E-state index contributed by atoms with van der Waals surface area (Å²) in [6.45, 7) is 1.88. The zero-order chi connectivity index (χ0) is 10.7. The van der Waals surface area contributed by atoms with Crippen LogP contribution < -0.4 is 0 Å². The summed E-state index contributed by atoms with van der Waals surface area (Å²) in [6.07, 6.45) is 6.26. The van der Waals surface area contributed by atoms with Crippen molar-refractivity contribution in [2.24, 2.45) is 0 Å². The van der Waals surface area contributed by atoms with Crippen LogP contribution >= 0.6 is 0 Å². The molecule has 0 aliphatic carbocycles. The summed E-state index contributed by atoms with van der Waals surface area (Å²) < 4.78 is 1.51. The number of hydrogen-bond acceptors (Lipinski definition) is 5. The molecule has 0 N–H and O–H groups in total. The van der Waals surface area contributed by atoms with Gasteiger partial charge in [-0.2, -0.15) is 0 Å². The third-order valence-electron chi connectivity index (χ3n) is 1.91. The number of aromatic nitrogens is 5. The fourth-order valence-corrected chi connectivity index (χ4v) is 1.21. The fraction of sp³-hybridized carbons (Fsp3) is 0.222. The van der Waals surface area contributed by atoms with Gasteiger partial charge in [-0.1, -0.05) is 5.21 Å². The van der Waals surface area contributed by atoms with Gasteiger partial charge in [0.1, 0.15) is 5.69 Å². The maximum Gasteiger partial charge on any atom is 0.179 e. The molecule has 15 heavy (non-hydrogen) atoms. The van der Waals surface area contributed by atoms with Crippen molar-refractivity contribution in [3.05, 3.63) is 36.2 Å². The molecule has 76 valence electrons. The van der Waals surface area contributed by atoms with Crippen LogP contribution in [-0.2, 0) is 6.54 Å². The van der Waals surface area contributed by atoms with Gasteiger partial charge >= 0.3 is 0 Å². The molecule has 2 aromatic heterocycles. The third kappa shape index (κ3) is 2.04. The Morgan fingerprint density at radius 3 is 2.93 bits per heavy atom. The van der Waals surface area contributed by atoms with Crippen LogP contribution in [0.25, 0.3) is 0 Å². The van der Waals surface area contributed by atoms with Gasteiger partial charge in [-0.05, 0) is 0 Å². The minimum Gasteiger partial charge on any atom is -0.293 e. The van der Waals surface area contributed by atoms with E-state index in [9.17, 15) is 4.79 Å². The van der Waals surface area contributed by atoms with E-state index in [1.807, 2.05) is 0 Å². The molecule has 0 amide bonds. The minimum absolute atomic E-state index is 0.0658. The Morgan fingerprint density at radius 1 is 1.40 bits per heavy atom. The molecule has 0 saturated carbocycles. The fourth-order valence-electron chi connectivity index (χ4n) is 1.21. The lowest BCUT2D eigenvalue weighted by Crippen LogP contribution is -2.10. The summed E-state index contributed by atoms with van der Waals surface area (Å²) in [7, 11) is 0. The minimum atomic E-state index is -0.0658. The highest BCUT2D eigenvalue weighted by Gasteiger charge is 2.08. The first kappa shape index (κ1) is 9.45. The Bertz CT molecular complexity index is 464. The molecule has 2 heterocycles. The molecule has 0 atom stereocenters. The topological polar surface area (TPSA) is 73.6 Å². The molecule has 0 unspecified atom stereocenters. The standard InChI is InChI=1S/C9H9N5O/c1-7(15)9-5-12-13-14(9)6-8-4-10-2-3-11-8/h2-5H,6H2,1H3. The molecule has 0 aliphatic rings. The van der Waals surface area contributed by atoms with Crippen LogP contribution in [0.3, 0.4) is 0 Å². The van der Waals surface area contributed by atoms with Gasteiger partial charge in [0.25, 0.3) is 0 Å². The van der Waals surface area contributed by atoms with Crippen LogP contribution in [0, 0.1) is 0 Å². The Kier molecular flexibility index (Phi) is 2.49. The zero-order valence-corrected chi connectivity index (χ0v) is 8.16. The van der Waals surface area contributed by atoms with Gasteiger partial charge in [0.05, 0.1) is 24.6 Å². The normalized spacial score (nSPS) is 10.2. The van der Waals surface area contributed by atoms with Crippen molar-refractivity contribution >= 4 is 5.78 Å². The van der Waals surface area contributed by atoms with E-state index in [4.69, 9.17) is 0 Å². The molecule has 0 aliphatic heterocycles. The first-order chi connectivity index (χ1) is 7.27. The highest BCUT2D eigenvalue weighted by molar-refractivity contribution is 5.91. The smallest absolute Gasteiger partial charge is 0.179 e. The molecular formula is C9H9N5O. The Hall–Kier alpha value is -2.11. The van der Waals surface area contributed by atoms with E-state index >= 15 is 0 Å². The first-order valence-electron chi connectivity index (χ1n) is 4.41. The van der Waals surface area contributed by atoms with E-state index < -0.39 is 0 Å². The van der Waals surface area contributed by atoms with Crippen molar-refractivity contribution in [1.29, 1.82) is 0 Å². The molecule has 0 bridgehead atoms. The number of carbonyl (C=O) groups is 1. The Labute approximate surface area is 86.0 Å².